The summed E-state index contributed by atoms with van der Waals surface area (Å²) in [5, 5.41) is 11.6. The van der Waals surface area contributed by atoms with Gasteiger partial charge in [0, 0.05) is 12.2 Å². The largest absolute Gasteiger partial charge is 0.481 e. The van der Waals surface area contributed by atoms with E-state index in [9.17, 15) is 9.59 Å². The highest BCUT2D eigenvalue weighted by Gasteiger charge is 2.39. The molecule has 2 rings (SSSR count). The summed E-state index contributed by atoms with van der Waals surface area (Å²) < 4.78 is 0. The summed E-state index contributed by atoms with van der Waals surface area (Å²) in [4.78, 5) is 22.9. The van der Waals surface area contributed by atoms with E-state index in [2.05, 4.69) is 5.32 Å². The highest BCUT2D eigenvalue weighted by Crippen LogP contribution is 2.38. The van der Waals surface area contributed by atoms with E-state index in [4.69, 9.17) is 10.8 Å². The van der Waals surface area contributed by atoms with E-state index < -0.39 is 11.4 Å². The van der Waals surface area contributed by atoms with Crippen molar-refractivity contribution in [2.75, 3.05) is 11.9 Å². The van der Waals surface area contributed by atoms with Gasteiger partial charge in [-0.1, -0.05) is 25.0 Å². The fraction of sp³-hybridized carbons (Fsp3) is 0.467. The third kappa shape index (κ3) is 3.17. The van der Waals surface area contributed by atoms with Gasteiger partial charge in [-0.3, -0.25) is 9.59 Å². The summed E-state index contributed by atoms with van der Waals surface area (Å²) in [6, 6.07) is 6.89. The van der Waals surface area contributed by atoms with Gasteiger partial charge in [-0.2, -0.15) is 0 Å². The Morgan fingerprint density at radius 2 is 1.80 bits per heavy atom. The van der Waals surface area contributed by atoms with E-state index in [-0.39, 0.29) is 12.3 Å². The Hall–Kier alpha value is -1.88. The van der Waals surface area contributed by atoms with Gasteiger partial charge in [0.1, 0.15) is 0 Å². The number of aliphatic carboxylic acids is 1. The zero-order valence-electron chi connectivity index (χ0n) is 11.4. The molecule has 1 aromatic rings. The molecule has 0 atom stereocenters. The van der Waals surface area contributed by atoms with Crippen LogP contribution in [0.5, 0.6) is 0 Å². The third-order valence-corrected chi connectivity index (χ3v) is 4.00. The number of hydrogen-bond acceptors (Lipinski definition) is 3. The van der Waals surface area contributed by atoms with Crippen LogP contribution in [0.2, 0.25) is 0 Å². The van der Waals surface area contributed by atoms with Gasteiger partial charge in [-0.15, -0.1) is 0 Å². The Morgan fingerprint density at radius 3 is 2.30 bits per heavy atom. The summed E-state index contributed by atoms with van der Waals surface area (Å²) in [6.07, 6.45) is 3.75. The number of carbonyl (C=O) groups excluding carboxylic acids is 1. The van der Waals surface area contributed by atoms with Crippen LogP contribution in [0.25, 0.3) is 0 Å². The van der Waals surface area contributed by atoms with Crippen molar-refractivity contribution in [1.82, 2.24) is 0 Å². The fourth-order valence-corrected chi connectivity index (χ4v) is 2.72. The Morgan fingerprint density at radius 1 is 1.20 bits per heavy atom. The van der Waals surface area contributed by atoms with Crippen LogP contribution in [0.1, 0.15) is 31.2 Å². The lowest BCUT2D eigenvalue weighted by Crippen LogP contribution is -2.40. The first-order valence-corrected chi connectivity index (χ1v) is 6.88. The maximum absolute atomic E-state index is 12.3. The molecule has 0 unspecified atom stereocenters. The standard InChI is InChI=1S/C15H20N2O3/c16-10-15(7-1-2-8-15)14(20)17-12-5-3-11(4-6-12)9-13(18)19/h3-6H,1-2,7-10,16H2,(H,17,20)(H,18,19). The Bertz CT molecular complexity index is 490. The lowest BCUT2D eigenvalue weighted by atomic mass is 9.85. The molecule has 0 spiro atoms. The summed E-state index contributed by atoms with van der Waals surface area (Å²) in [5.74, 6) is -0.890. The normalized spacial score (nSPS) is 16.9. The molecule has 1 aliphatic rings. The van der Waals surface area contributed by atoms with Crippen LogP contribution in [-0.2, 0) is 16.0 Å². The molecule has 20 heavy (non-hydrogen) atoms. The summed E-state index contributed by atoms with van der Waals surface area (Å²) in [7, 11) is 0. The van der Waals surface area contributed by atoms with Gasteiger partial charge >= 0.3 is 5.97 Å². The monoisotopic (exact) mass is 276 g/mol. The second-order valence-electron chi connectivity index (χ2n) is 5.41. The van der Waals surface area contributed by atoms with Crippen molar-refractivity contribution in [3.8, 4) is 0 Å². The molecule has 4 N–H and O–H groups in total. The molecule has 0 bridgehead atoms. The molecule has 0 aliphatic heterocycles. The summed E-state index contributed by atoms with van der Waals surface area (Å²) in [6.45, 7) is 0.371. The smallest absolute Gasteiger partial charge is 0.307 e. The topological polar surface area (TPSA) is 92.4 Å². The van der Waals surface area contributed by atoms with Crippen LogP contribution in [0.4, 0.5) is 5.69 Å². The molecule has 1 saturated carbocycles. The summed E-state index contributed by atoms with van der Waals surface area (Å²) >= 11 is 0. The highest BCUT2D eigenvalue weighted by molar-refractivity contribution is 5.95. The fourth-order valence-electron chi connectivity index (χ4n) is 2.72. The van der Waals surface area contributed by atoms with Crippen molar-refractivity contribution in [3.63, 3.8) is 0 Å². The Balaban J connectivity index is 2.02. The van der Waals surface area contributed by atoms with Gasteiger partial charge in [0.2, 0.25) is 5.91 Å². The number of nitrogens with one attached hydrogen (secondary N) is 1. The second kappa shape index (κ2) is 6.05. The Kier molecular flexibility index (Phi) is 4.39. The van der Waals surface area contributed by atoms with E-state index in [1.165, 1.54) is 0 Å². The van der Waals surface area contributed by atoms with Crippen molar-refractivity contribution in [2.45, 2.75) is 32.1 Å². The molecule has 0 aromatic heterocycles. The lowest BCUT2D eigenvalue weighted by Gasteiger charge is -2.25. The molecule has 1 aromatic carbocycles. The lowest BCUT2D eigenvalue weighted by molar-refractivity contribution is -0.136. The molecule has 1 fully saturated rings. The van der Waals surface area contributed by atoms with E-state index in [0.29, 0.717) is 17.8 Å². The minimum atomic E-state index is -0.866. The van der Waals surface area contributed by atoms with Gasteiger partial charge in [-0.25, -0.2) is 0 Å². The molecule has 5 heteroatoms. The first kappa shape index (κ1) is 14.5. The van der Waals surface area contributed by atoms with Crippen molar-refractivity contribution in [1.29, 1.82) is 0 Å². The van der Waals surface area contributed by atoms with Crippen LogP contribution >= 0.6 is 0 Å². The number of benzene rings is 1. The number of carboxylic acids is 1. The minimum absolute atomic E-state index is 0.0129. The van der Waals surface area contributed by atoms with E-state index in [1.54, 1.807) is 24.3 Å². The maximum Gasteiger partial charge on any atom is 0.307 e. The molecule has 0 radical (unpaired) electrons. The number of carboxylic acid groups (broad SMARTS) is 1. The maximum atomic E-state index is 12.3. The van der Waals surface area contributed by atoms with E-state index in [0.717, 1.165) is 25.7 Å². The van der Waals surface area contributed by atoms with Crippen molar-refractivity contribution in [3.05, 3.63) is 29.8 Å². The predicted molar refractivity (Wildman–Crippen MR) is 76.4 cm³/mol. The average Bonchev–Trinajstić information content (AvgIpc) is 2.90. The summed E-state index contributed by atoms with van der Waals surface area (Å²) in [5.41, 5.74) is 6.74. The van der Waals surface area contributed by atoms with Crippen LogP contribution in [0.15, 0.2) is 24.3 Å². The number of amides is 1. The second-order valence-corrected chi connectivity index (χ2v) is 5.41. The molecule has 0 heterocycles. The zero-order chi connectivity index (χ0) is 14.6. The third-order valence-electron chi connectivity index (χ3n) is 4.00. The van der Waals surface area contributed by atoms with Gasteiger partial charge in [0.05, 0.1) is 11.8 Å². The highest BCUT2D eigenvalue weighted by atomic mass is 16.4. The number of carbonyl (C=O) groups is 2. The van der Waals surface area contributed by atoms with Gasteiger partial charge in [-0.05, 0) is 30.5 Å². The Labute approximate surface area is 118 Å². The van der Waals surface area contributed by atoms with Gasteiger partial charge < -0.3 is 16.2 Å². The average molecular weight is 276 g/mol. The molecule has 1 aliphatic carbocycles. The number of anilines is 1. The molecule has 5 nitrogen and oxygen atoms in total. The SMILES string of the molecule is NCC1(C(=O)Nc2ccc(CC(=O)O)cc2)CCCC1. The van der Waals surface area contributed by atoms with Crippen LogP contribution in [-0.4, -0.2) is 23.5 Å². The first-order valence-electron chi connectivity index (χ1n) is 6.88. The number of hydrogen-bond donors (Lipinski definition) is 3. The van der Waals surface area contributed by atoms with Gasteiger partial charge in [0.25, 0.3) is 0 Å². The predicted octanol–water partition coefficient (Wildman–Crippen LogP) is 1.77. The quantitative estimate of drug-likeness (QED) is 0.764. The molecule has 108 valence electrons. The van der Waals surface area contributed by atoms with Crippen LogP contribution in [0, 0.1) is 5.41 Å². The zero-order valence-corrected chi connectivity index (χ0v) is 11.4. The minimum Gasteiger partial charge on any atom is -0.481 e. The van der Waals surface area contributed by atoms with Crippen molar-refractivity contribution >= 4 is 17.6 Å². The number of rotatable bonds is 5. The van der Waals surface area contributed by atoms with Gasteiger partial charge in [0.15, 0.2) is 0 Å². The molecular weight excluding hydrogens is 256 g/mol. The van der Waals surface area contributed by atoms with Crippen molar-refractivity contribution < 1.29 is 14.7 Å². The van der Waals surface area contributed by atoms with Crippen LogP contribution < -0.4 is 11.1 Å². The molecular formula is C15H20N2O3. The molecule has 0 saturated heterocycles. The van der Waals surface area contributed by atoms with E-state index >= 15 is 0 Å². The van der Waals surface area contributed by atoms with E-state index in [1.807, 2.05) is 0 Å². The van der Waals surface area contributed by atoms with Crippen LogP contribution in [0.3, 0.4) is 0 Å². The first-order chi connectivity index (χ1) is 9.55. The number of nitrogens with two attached hydrogens (primary N) is 1. The molecule has 1 amide bonds. The van der Waals surface area contributed by atoms with Crippen molar-refractivity contribution in [2.24, 2.45) is 11.1 Å².